The number of methoxy groups -OCH3 is 1. The van der Waals surface area contributed by atoms with Crippen LogP contribution >= 0.6 is 12.2 Å². The van der Waals surface area contributed by atoms with Gasteiger partial charge in [-0.15, -0.1) is 0 Å². The monoisotopic (exact) mass is 239 g/mol. The highest BCUT2D eigenvalue weighted by molar-refractivity contribution is 7.80. The zero-order valence-corrected chi connectivity index (χ0v) is 10.7. The quantitative estimate of drug-likeness (QED) is 0.497. The van der Waals surface area contributed by atoms with E-state index in [-0.39, 0.29) is 0 Å². The summed E-state index contributed by atoms with van der Waals surface area (Å²) in [6.07, 6.45) is 0. The van der Waals surface area contributed by atoms with Gasteiger partial charge in [-0.05, 0) is 43.3 Å². The van der Waals surface area contributed by atoms with E-state index in [0.717, 1.165) is 22.4 Å². The maximum atomic E-state index is 5.84. The lowest BCUT2D eigenvalue weighted by Gasteiger charge is -2.13. The summed E-state index contributed by atoms with van der Waals surface area (Å²) in [5.41, 5.74) is 9.55. The number of nitrogen functional groups attached to an aromatic ring is 1. The van der Waals surface area contributed by atoms with E-state index < -0.39 is 0 Å². The van der Waals surface area contributed by atoms with Crippen LogP contribution in [0, 0.1) is 13.8 Å². The Labute approximate surface area is 102 Å². The van der Waals surface area contributed by atoms with Gasteiger partial charge < -0.3 is 15.2 Å². The van der Waals surface area contributed by atoms with E-state index in [2.05, 4.69) is 0 Å². The van der Waals surface area contributed by atoms with Crippen molar-refractivity contribution in [1.82, 2.24) is 0 Å². The number of anilines is 1. The van der Waals surface area contributed by atoms with Gasteiger partial charge in [0.2, 0.25) is 0 Å². The van der Waals surface area contributed by atoms with Crippen molar-refractivity contribution in [3.8, 4) is 0 Å². The minimum absolute atomic E-state index is 0.461. The molecule has 0 atom stereocenters. The molecule has 2 N–H and O–H groups in total. The average molecular weight is 239 g/mol. The average Bonchev–Trinajstić information content (AvgIpc) is 2.24. The smallest absolute Gasteiger partial charge is 0.191 e. The first kappa shape index (κ1) is 12.9. The molecule has 3 nitrogen and oxygen atoms in total. The van der Waals surface area contributed by atoms with Gasteiger partial charge in [0, 0.05) is 18.4 Å². The molecular formula is C12H17NO2S. The summed E-state index contributed by atoms with van der Waals surface area (Å²) in [4.78, 5) is 0. The highest BCUT2D eigenvalue weighted by atomic mass is 32.1. The van der Waals surface area contributed by atoms with E-state index in [4.69, 9.17) is 27.4 Å². The minimum Gasteiger partial charge on any atom is -0.480 e. The first-order valence-corrected chi connectivity index (χ1v) is 5.50. The van der Waals surface area contributed by atoms with Crippen molar-refractivity contribution in [1.29, 1.82) is 0 Å². The van der Waals surface area contributed by atoms with Crippen LogP contribution in [0.3, 0.4) is 0 Å². The number of thiocarbonyl (C=S) groups is 1. The van der Waals surface area contributed by atoms with Crippen LogP contribution in [0.1, 0.15) is 16.7 Å². The van der Waals surface area contributed by atoms with Crippen molar-refractivity contribution in [3.05, 3.63) is 28.8 Å². The highest BCUT2D eigenvalue weighted by Gasteiger charge is 2.11. The topological polar surface area (TPSA) is 44.5 Å². The van der Waals surface area contributed by atoms with Crippen molar-refractivity contribution in [2.24, 2.45) is 0 Å². The molecule has 88 valence electrons. The summed E-state index contributed by atoms with van der Waals surface area (Å²) in [6.45, 7) is 4.93. The summed E-state index contributed by atoms with van der Waals surface area (Å²) in [5.74, 6) is 0. The first-order chi connectivity index (χ1) is 7.57. The van der Waals surface area contributed by atoms with Crippen molar-refractivity contribution in [2.45, 2.75) is 13.8 Å². The third kappa shape index (κ3) is 2.93. The van der Waals surface area contributed by atoms with Crippen LogP contribution in [0.5, 0.6) is 0 Å². The summed E-state index contributed by atoms with van der Waals surface area (Å²) in [7, 11) is 1.63. The fourth-order valence-electron chi connectivity index (χ4n) is 1.47. The second-order valence-electron chi connectivity index (χ2n) is 3.60. The van der Waals surface area contributed by atoms with Gasteiger partial charge in [-0.2, -0.15) is 0 Å². The summed E-state index contributed by atoms with van der Waals surface area (Å²) in [6, 6.07) is 3.83. The Hall–Kier alpha value is -1.13. The van der Waals surface area contributed by atoms with Gasteiger partial charge in [0.05, 0.1) is 6.61 Å². The van der Waals surface area contributed by atoms with E-state index in [1.54, 1.807) is 7.11 Å². The molecular weight excluding hydrogens is 222 g/mol. The molecule has 0 heterocycles. The van der Waals surface area contributed by atoms with Crippen LogP contribution in [0.25, 0.3) is 0 Å². The van der Waals surface area contributed by atoms with Gasteiger partial charge in [-0.1, -0.05) is 6.07 Å². The largest absolute Gasteiger partial charge is 0.480 e. The number of rotatable bonds is 4. The molecule has 0 saturated heterocycles. The Bertz CT molecular complexity index is 391. The van der Waals surface area contributed by atoms with Crippen LogP contribution < -0.4 is 5.73 Å². The van der Waals surface area contributed by atoms with Crippen molar-refractivity contribution in [3.63, 3.8) is 0 Å². The Balaban J connectivity index is 2.86. The fraction of sp³-hybridized carbons (Fsp3) is 0.417. The van der Waals surface area contributed by atoms with Crippen molar-refractivity contribution < 1.29 is 9.47 Å². The van der Waals surface area contributed by atoms with E-state index in [0.29, 0.717) is 18.3 Å². The second-order valence-corrected chi connectivity index (χ2v) is 3.97. The van der Waals surface area contributed by atoms with Gasteiger partial charge in [0.1, 0.15) is 6.61 Å². The summed E-state index contributed by atoms with van der Waals surface area (Å²) < 4.78 is 10.3. The zero-order valence-electron chi connectivity index (χ0n) is 9.87. The predicted molar refractivity (Wildman–Crippen MR) is 69.9 cm³/mol. The first-order valence-electron chi connectivity index (χ1n) is 5.09. The SMILES string of the molecule is COCCOC(=S)c1c(C)ccc(N)c1C. The van der Waals surface area contributed by atoms with E-state index in [1.807, 2.05) is 26.0 Å². The molecule has 0 spiro atoms. The number of benzene rings is 1. The molecule has 0 amide bonds. The lowest BCUT2D eigenvalue weighted by atomic mass is 10.0. The molecule has 0 unspecified atom stereocenters. The van der Waals surface area contributed by atoms with E-state index in [9.17, 15) is 0 Å². The molecule has 0 aromatic heterocycles. The fourth-order valence-corrected chi connectivity index (χ4v) is 1.86. The molecule has 0 radical (unpaired) electrons. The molecule has 1 aromatic rings. The van der Waals surface area contributed by atoms with Crippen LogP contribution in [0.2, 0.25) is 0 Å². The number of ether oxygens (including phenoxy) is 2. The lowest BCUT2D eigenvalue weighted by molar-refractivity contribution is 0.143. The number of hydrogen-bond acceptors (Lipinski definition) is 4. The standard InChI is InChI=1S/C12H17NO2S/c1-8-4-5-10(13)9(2)11(8)12(16)15-7-6-14-3/h4-5H,6-7,13H2,1-3H3. The lowest BCUT2D eigenvalue weighted by Crippen LogP contribution is -2.12. The summed E-state index contributed by atoms with van der Waals surface area (Å²) >= 11 is 5.24. The highest BCUT2D eigenvalue weighted by Crippen LogP contribution is 2.21. The third-order valence-corrected chi connectivity index (χ3v) is 2.76. The second kappa shape index (κ2) is 5.82. The molecule has 0 fully saturated rings. The van der Waals surface area contributed by atoms with E-state index >= 15 is 0 Å². The number of aryl methyl sites for hydroxylation is 1. The maximum Gasteiger partial charge on any atom is 0.191 e. The van der Waals surface area contributed by atoms with Crippen LogP contribution in [-0.4, -0.2) is 25.4 Å². The molecule has 0 aliphatic rings. The van der Waals surface area contributed by atoms with Crippen molar-refractivity contribution >= 4 is 23.0 Å². The number of hydrogen-bond donors (Lipinski definition) is 1. The Morgan fingerprint density at radius 3 is 2.62 bits per heavy atom. The molecule has 0 bridgehead atoms. The van der Waals surface area contributed by atoms with Gasteiger partial charge in [0.25, 0.3) is 0 Å². The predicted octanol–water partition coefficient (Wildman–Crippen LogP) is 2.22. The Morgan fingerprint density at radius 2 is 2.00 bits per heavy atom. The normalized spacial score (nSPS) is 10.2. The molecule has 1 aromatic carbocycles. The third-order valence-electron chi connectivity index (χ3n) is 2.44. The summed E-state index contributed by atoms with van der Waals surface area (Å²) in [5, 5.41) is 0.486. The van der Waals surface area contributed by atoms with Crippen LogP contribution in [0.15, 0.2) is 12.1 Å². The van der Waals surface area contributed by atoms with Gasteiger partial charge in [-0.3, -0.25) is 0 Å². The van der Waals surface area contributed by atoms with Crippen LogP contribution in [0.4, 0.5) is 5.69 Å². The molecule has 4 heteroatoms. The molecule has 0 saturated carbocycles. The Morgan fingerprint density at radius 1 is 1.31 bits per heavy atom. The van der Waals surface area contributed by atoms with Gasteiger partial charge in [0.15, 0.2) is 5.05 Å². The molecule has 1 rings (SSSR count). The van der Waals surface area contributed by atoms with Gasteiger partial charge >= 0.3 is 0 Å². The number of nitrogens with two attached hydrogens (primary N) is 1. The zero-order chi connectivity index (χ0) is 12.1. The van der Waals surface area contributed by atoms with E-state index in [1.165, 1.54) is 0 Å². The van der Waals surface area contributed by atoms with Crippen LogP contribution in [-0.2, 0) is 9.47 Å². The van der Waals surface area contributed by atoms with Gasteiger partial charge in [-0.25, -0.2) is 0 Å². The maximum absolute atomic E-state index is 5.84. The molecule has 0 aliphatic heterocycles. The minimum atomic E-state index is 0.461. The van der Waals surface area contributed by atoms with Crippen molar-refractivity contribution in [2.75, 3.05) is 26.1 Å². The molecule has 0 aliphatic carbocycles. The molecule has 16 heavy (non-hydrogen) atoms. The Kier molecular flexibility index (Phi) is 4.71.